The summed E-state index contributed by atoms with van der Waals surface area (Å²) in [5, 5.41) is 3.48. The third-order valence-electron chi connectivity index (χ3n) is 10.0. The van der Waals surface area contributed by atoms with Crippen LogP contribution in [0.5, 0.6) is 6.01 Å². The number of nitrogens with zero attached hydrogens (tertiary/aromatic N) is 4. The number of piperidine rings is 1. The minimum absolute atomic E-state index is 0.0806. The SMILES string of the molecule is CN1C[C@H](F)C[C@H]1COc1nc2c(c(N3CCC4(CC3)CNC4)n1)CCC1(CCc3ccccc31)C2. The van der Waals surface area contributed by atoms with E-state index in [9.17, 15) is 4.39 Å². The molecule has 7 heteroatoms. The highest BCUT2D eigenvalue weighted by Crippen LogP contribution is 2.49. The number of nitrogens with one attached hydrogen (secondary N) is 1. The number of aromatic nitrogens is 2. The Kier molecular flexibility index (Phi) is 5.51. The number of hydrogen-bond donors (Lipinski definition) is 1. The molecule has 192 valence electrons. The maximum Gasteiger partial charge on any atom is 0.318 e. The third-order valence-corrected chi connectivity index (χ3v) is 10.0. The van der Waals surface area contributed by atoms with E-state index in [1.165, 1.54) is 48.1 Å². The van der Waals surface area contributed by atoms with Gasteiger partial charge in [0.25, 0.3) is 0 Å². The van der Waals surface area contributed by atoms with Gasteiger partial charge in [0.05, 0.1) is 5.69 Å². The molecule has 6 nitrogen and oxygen atoms in total. The number of anilines is 1. The van der Waals surface area contributed by atoms with Crippen LogP contribution in [0.4, 0.5) is 10.2 Å². The molecule has 0 saturated carbocycles. The van der Waals surface area contributed by atoms with Crippen molar-refractivity contribution in [1.29, 1.82) is 0 Å². The standard InChI is InChI=1S/C29H38FN5O/c1-34-16-21(30)14-22(34)17-36-27-32-25-15-29(8-6-20-4-2-3-5-24(20)29)9-7-23(25)26(33-27)35-12-10-28(11-13-35)18-31-19-28/h2-5,21-22,31H,6-19H2,1H3/t21-,22+,29?/m1/s1. The van der Waals surface area contributed by atoms with Crippen molar-refractivity contribution >= 4 is 5.82 Å². The van der Waals surface area contributed by atoms with Crippen molar-refractivity contribution in [3.05, 3.63) is 46.6 Å². The second-order valence-electron chi connectivity index (χ2n) is 12.2. The molecule has 2 aromatic rings. The van der Waals surface area contributed by atoms with Gasteiger partial charge in [-0.05, 0) is 75.0 Å². The first-order chi connectivity index (χ1) is 17.5. The Morgan fingerprint density at radius 3 is 2.64 bits per heavy atom. The van der Waals surface area contributed by atoms with Crippen LogP contribution in [0.1, 0.15) is 54.5 Å². The number of ether oxygens (including phenoxy) is 1. The minimum Gasteiger partial charge on any atom is -0.462 e. The second-order valence-corrected chi connectivity index (χ2v) is 12.2. The summed E-state index contributed by atoms with van der Waals surface area (Å²) in [5.74, 6) is 1.10. The molecule has 4 heterocycles. The third kappa shape index (κ3) is 3.81. The molecule has 0 bridgehead atoms. The van der Waals surface area contributed by atoms with E-state index in [0.717, 1.165) is 51.3 Å². The number of alkyl halides is 1. The lowest BCUT2D eigenvalue weighted by Gasteiger charge is -2.49. The molecule has 2 aliphatic carbocycles. The highest BCUT2D eigenvalue weighted by Gasteiger charge is 2.44. The van der Waals surface area contributed by atoms with Crippen LogP contribution in [0.25, 0.3) is 0 Å². The molecule has 1 aromatic carbocycles. The van der Waals surface area contributed by atoms with Gasteiger partial charge >= 0.3 is 6.01 Å². The molecule has 1 unspecified atom stereocenters. The van der Waals surface area contributed by atoms with Crippen molar-refractivity contribution in [2.45, 2.75) is 69.0 Å². The van der Waals surface area contributed by atoms with Gasteiger partial charge in [-0.1, -0.05) is 24.3 Å². The number of benzene rings is 1. The average molecular weight is 492 g/mol. The normalized spacial score (nSPS) is 30.9. The number of halogens is 1. The van der Waals surface area contributed by atoms with Gasteiger partial charge in [0.2, 0.25) is 0 Å². The zero-order chi connectivity index (χ0) is 24.3. The molecule has 7 rings (SSSR count). The molecule has 2 spiro atoms. The van der Waals surface area contributed by atoms with E-state index in [0.29, 0.717) is 31.0 Å². The summed E-state index contributed by atoms with van der Waals surface area (Å²) in [7, 11) is 1.98. The summed E-state index contributed by atoms with van der Waals surface area (Å²) < 4.78 is 20.2. The van der Waals surface area contributed by atoms with Gasteiger partial charge < -0.3 is 15.0 Å². The Hall–Kier alpha value is -2.25. The summed E-state index contributed by atoms with van der Waals surface area (Å²) in [4.78, 5) is 14.6. The first-order valence-corrected chi connectivity index (χ1v) is 13.9. The van der Waals surface area contributed by atoms with Crippen molar-refractivity contribution < 1.29 is 9.13 Å². The number of hydrogen-bond acceptors (Lipinski definition) is 6. The zero-order valence-corrected chi connectivity index (χ0v) is 21.4. The van der Waals surface area contributed by atoms with E-state index >= 15 is 0 Å². The van der Waals surface area contributed by atoms with Gasteiger partial charge in [0.15, 0.2) is 0 Å². The van der Waals surface area contributed by atoms with Gasteiger partial charge in [-0.2, -0.15) is 9.97 Å². The van der Waals surface area contributed by atoms with Crippen molar-refractivity contribution in [2.24, 2.45) is 5.41 Å². The molecule has 3 aliphatic heterocycles. The lowest BCUT2D eigenvalue weighted by molar-refractivity contribution is 0.126. The smallest absolute Gasteiger partial charge is 0.318 e. The van der Waals surface area contributed by atoms with Crippen LogP contribution in [0.2, 0.25) is 0 Å². The lowest BCUT2D eigenvalue weighted by atomic mass is 9.69. The molecular weight excluding hydrogens is 453 g/mol. The highest BCUT2D eigenvalue weighted by atomic mass is 19.1. The van der Waals surface area contributed by atoms with Crippen LogP contribution >= 0.6 is 0 Å². The summed E-state index contributed by atoms with van der Waals surface area (Å²) >= 11 is 0. The number of fused-ring (bicyclic) bond motifs is 3. The van der Waals surface area contributed by atoms with Crippen LogP contribution in [-0.2, 0) is 24.7 Å². The fraction of sp³-hybridized carbons (Fsp3) is 0.655. The Morgan fingerprint density at radius 1 is 1.08 bits per heavy atom. The molecule has 0 radical (unpaired) electrons. The molecule has 0 amide bonds. The van der Waals surface area contributed by atoms with E-state index in [1.807, 2.05) is 7.05 Å². The number of likely N-dealkylation sites (N-methyl/N-ethyl adjacent to an activating group) is 1. The van der Waals surface area contributed by atoms with E-state index in [4.69, 9.17) is 14.7 Å². The Balaban J connectivity index is 1.19. The van der Waals surface area contributed by atoms with Gasteiger partial charge in [0.1, 0.15) is 18.6 Å². The fourth-order valence-electron chi connectivity index (χ4n) is 7.61. The van der Waals surface area contributed by atoms with Crippen LogP contribution in [-0.4, -0.2) is 73.5 Å². The Morgan fingerprint density at radius 2 is 1.89 bits per heavy atom. The second kappa shape index (κ2) is 8.66. The molecule has 5 aliphatic rings. The molecule has 1 aromatic heterocycles. The van der Waals surface area contributed by atoms with Crippen molar-refractivity contribution in [3.8, 4) is 6.01 Å². The summed E-state index contributed by atoms with van der Waals surface area (Å²) in [6.45, 7) is 5.34. The predicted octanol–water partition coefficient (Wildman–Crippen LogP) is 3.46. The van der Waals surface area contributed by atoms with Crippen LogP contribution in [0.3, 0.4) is 0 Å². The summed E-state index contributed by atoms with van der Waals surface area (Å²) in [5.41, 5.74) is 6.22. The van der Waals surface area contributed by atoms with Crippen molar-refractivity contribution in [3.63, 3.8) is 0 Å². The Bertz CT molecular complexity index is 1140. The number of likely N-dealkylation sites (tertiary alicyclic amines) is 1. The maximum atomic E-state index is 13.9. The molecule has 3 atom stereocenters. The Labute approximate surface area is 213 Å². The van der Waals surface area contributed by atoms with Crippen LogP contribution in [0, 0.1) is 5.41 Å². The van der Waals surface area contributed by atoms with Gasteiger partial charge in [-0.15, -0.1) is 0 Å². The van der Waals surface area contributed by atoms with Gasteiger partial charge in [-0.25, -0.2) is 4.39 Å². The topological polar surface area (TPSA) is 53.5 Å². The molecule has 3 fully saturated rings. The number of aryl methyl sites for hydroxylation is 1. The van der Waals surface area contributed by atoms with E-state index < -0.39 is 6.17 Å². The summed E-state index contributed by atoms with van der Waals surface area (Å²) in [6.07, 6.45) is 7.70. The first kappa shape index (κ1) is 22.9. The molecule has 1 N–H and O–H groups in total. The minimum atomic E-state index is -0.771. The van der Waals surface area contributed by atoms with E-state index in [-0.39, 0.29) is 11.5 Å². The number of rotatable bonds is 4. The largest absolute Gasteiger partial charge is 0.462 e. The van der Waals surface area contributed by atoms with E-state index in [2.05, 4.69) is 39.4 Å². The fourth-order valence-corrected chi connectivity index (χ4v) is 7.61. The van der Waals surface area contributed by atoms with Crippen LogP contribution < -0.4 is 15.0 Å². The van der Waals surface area contributed by atoms with Gasteiger partial charge in [-0.3, -0.25) is 4.90 Å². The van der Waals surface area contributed by atoms with E-state index in [1.54, 1.807) is 0 Å². The van der Waals surface area contributed by atoms with Crippen molar-refractivity contribution in [2.75, 3.05) is 51.3 Å². The zero-order valence-electron chi connectivity index (χ0n) is 21.4. The quantitative estimate of drug-likeness (QED) is 0.707. The predicted molar refractivity (Wildman–Crippen MR) is 139 cm³/mol. The first-order valence-electron chi connectivity index (χ1n) is 13.9. The molecular formula is C29H38FN5O. The molecule has 36 heavy (non-hydrogen) atoms. The highest BCUT2D eigenvalue weighted by molar-refractivity contribution is 5.54. The maximum absolute atomic E-state index is 13.9. The molecule has 3 saturated heterocycles. The van der Waals surface area contributed by atoms with Gasteiger partial charge in [0, 0.05) is 49.7 Å². The average Bonchev–Trinajstić information content (AvgIpc) is 3.39. The lowest BCUT2D eigenvalue weighted by Crippen LogP contribution is -2.58. The van der Waals surface area contributed by atoms with Crippen LogP contribution in [0.15, 0.2) is 24.3 Å². The monoisotopic (exact) mass is 491 g/mol. The van der Waals surface area contributed by atoms with Crippen molar-refractivity contribution in [1.82, 2.24) is 20.2 Å². The summed E-state index contributed by atoms with van der Waals surface area (Å²) in [6, 6.07) is 9.56.